The number of rotatable bonds is 5. The molecule has 23 heavy (non-hydrogen) atoms. The highest BCUT2D eigenvalue weighted by molar-refractivity contribution is 6.33. The second-order valence-electron chi connectivity index (χ2n) is 5.73. The van der Waals surface area contributed by atoms with E-state index in [0.717, 1.165) is 30.9 Å². The van der Waals surface area contributed by atoms with Crippen molar-refractivity contribution in [3.8, 4) is 11.5 Å². The molecule has 0 radical (unpaired) electrons. The van der Waals surface area contributed by atoms with Crippen LogP contribution in [-0.2, 0) is 6.54 Å². The molecule has 124 valence electrons. The number of halogens is 1. The van der Waals surface area contributed by atoms with E-state index >= 15 is 0 Å². The van der Waals surface area contributed by atoms with Crippen LogP contribution in [0.25, 0.3) is 0 Å². The molecule has 0 spiro atoms. The van der Waals surface area contributed by atoms with Gasteiger partial charge in [-0.1, -0.05) is 24.1 Å². The minimum atomic E-state index is 0.308. The van der Waals surface area contributed by atoms with Crippen LogP contribution < -0.4 is 9.47 Å². The number of likely N-dealkylation sites (tertiary alicyclic amines) is 1. The second-order valence-corrected chi connectivity index (χ2v) is 6.11. The molecule has 2 heterocycles. The summed E-state index contributed by atoms with van der Waals surface area (Å²) in [7, 11) is 3.23. The lowest BCUT2D eigenvalue weighted by Crippen LogP contribution is -2.33. The highest BCUT2D eigenvalue weighted by Crippen LogP contribution is 2.39. The van der Waals surface area contributed by atoms with E-state index in [0.29, 0.717) is 22.6 Å². The number of nitrogens with one attached hydrogen (secondary N) is 1. The van der Waals surface area contributed by atoms with Gasteiger partial charge in [-0.05, 0) is 31.0 Å². The summed E-state index contributed by atoms with van der Waals surface area (Å²) < 4.78 is 10.7. The maximum absolute atomic E-state index is 6.53. The van der Waals surface area contributed by atoms with E-state index in [4.69, 9.17) is 21.1 Å². The molecule has 0 amide bonds. The zero-order valence-corrected chi connectivity index (χ0v) is 14.3. The monoisotopic (exact) mass is 335 g/mol. The third-order valence-electron chi connectivity index (χ3n) is 4.39. The van der Waals surface area contributed by atoms with Gasteiger partial charge in [0, 0.05) is 18.9 Å². The van der Waals surface area contributed by atoms with Crippen molar-refractivity contribution in [2.45, 2.75) is 31.8 Å². The number of aromatic amines is 1. The number of aromatic nitrogens is 2. The van der Waals surface area contributed by atoms with Gasteiger partial charge in [0.15, 0.2) is 11.5 Å². The van der Waals surface area contributed by atoms with Crippen LogP contribution in [0.15, 0.2) is 24.5 Å². The van der Waals surface area contributed by atoms with Crippen molar-refractivity contribution >= 4 is 11.6 Å². The number of hydrogen-bond donors (Lipinski definition) is 1. The summed E-state index contributed by atoms with van der Waals surface area (Å²) in [6, 6.07) is 4.23. The molecule has 0 aliphatic carbocycles. The van der Waals surface area contributed by atoms with Crippen molar-refractivity contribution in [3.63, 3.8) is 0 Å². The summed E-state index contributed by atoms with van der Waals surface area (Å²) in [5.41, 5.74) is 1.04. The number of methoxy groups -OCH3 is 2. The predicted molar refractivity (Wildman–Crippen MR) is 90.1 cm³/mol. The lowest BCUT2D eigenvalue weighted by molar-refractivity contribution is 0.134. The van der Waals surface area contributed by atoms with E-state index in [2.05, 4.69) is 14.9 Å². The Hall–Kier alpha value is -1.72. The highest BCUT2D eigenvalue weighted by atomic mass is 35.5. The van der Waals surface area contributed by atoms with E-state index in [1.54, 1.807) is 14.2 Å². The number of piperidine rings is 1. The number of imidazole rings is 1. The standard InChI is InChI=1S/C17H22ClN3O2/c1-22-14-7-6-12(15(18)16(14)23-2)11-21-10-4-3-5-13(21)17-19-8-9-20-17/h6-9,13H,3-5,10-11H2,1-2H3,(H,19,20)/t13-/m0/s1. The average Bonchev–Trinajstić information content (AvgIpc) is 3.11. The first-order chi connectivity index (χ1) is 11.2. The van der Waals surface area contributed by atoms with Gasteiger partial charge < -0.3 is 14.5 Å². The van der Waals surface area contributed by atoms with Crippen LogP contribution in [0.3, 0.4) is 0 Å². The summed E-state index contributed by atoms with van der Waals surface area (Å²) in [5.74, 6) is 2.28. The zero-order valence-electron chi connectivity index (χ0n) is 13.5. The van der Waals surface area contributed by atoms with Crippen molar-refractivity contribution in [1.82, 2.24) is 14.9 Å². The van der Waals surface area contributed by atoms with Gasteiger partial charge in [0.2, 0.25) is 0 Å². The van der Waals surface area contributed by atoms with Gasteiger partial charge in [-0.25, -0.2) is 4.98 Å². The molecule has 1 aliphatic heterocycles. The van der Waals surface area contributed by atoms with Crippen LogP contribution in [0.2, 0.25) is 5.02 Å². The van der Waals surface area contributed by atoms with Crippen molar-refractivity contribution in [2.75, 3.05) is 20.8 Å². The SMILES string of the molecule is COc1ccc(CN2CCCC[C@H]2c2ncc[nH]2)c(Cl)c1OC. The molecule has 1 fully saturated rings. The van der Waals surface area contributed by atoms with Crippen LogP contribution in [0.5, 0.6) is 11.5 Å². The minimum absolute atomic E-state index is 0.308. The first-order valence-electron chi connectivity index (χ1n) is 7.87. The Bertz CT molecular complexity index is 646. The Labute approximate surface area is 141 Å². The van der Waals surface area contributed by atoms with Gasteiger partial charge in [-0.2, -0.15) is 0 Å². The van der Waals surface area contributed by atoms with E-state index in [-0.39, 0.29) is 0 Å². The molecule has 1 aliphatic rings. The molecular formula is C17H22ClN3O2. The van der Waals surface area contributed by atoms with Crippen molar-refractivity contribution in [1.29, 1.82) is 0 Å². The smallest absolute Gasteiger partial charge is 0.179 e. The van der Waals surface area contributed by atoms with Gasteiger partial charge in [0.25, 0.3) is 0 Å². The Kier molecular flexibility index (Phi) is 5.08. The molecule has 1 atom stereocenters. The lowest BCUT2D eigenvalue weighted by Gasteiger charge is -2.34. The molecule has 1 aromatic carbocycles. The molecule has 1 aromatic heterocycles. The third-order valence-corrected chi connectivity index (χ3v) is 4.80. The summed E-state index contributed by atoms with van der Waals surface area (Å²) in [6.45, 7) is 1.81. The fourth-order valence-corrected chi connectivity index (χ4v) is 3.51. The van der Waals surface area contributed by atoms with E-state index in [1.165, 1.54) is 12.8 Å². The Morgan fingerprint density at radius 3 is 2.87 bits per heavy atom. The van der Waals surface area contributed by atoms with E-state index in [1.807, 2.05) is 24.5 Å². The van der Waals surface area contributed by atoms with Crippen LogP contribution in [0.4, 0.5) is 0 Å². The maximum Gasteiger partial charge on any atom is 0.179 e. The van der Waals surface area contributed by atoms with E-state index in [9.17, 15) is 0 Å². The molecule has 6 heteroatoms. The zero-order chi connectivity index (χ0) is 16.2. The lowest BCUT2D eigenvalue weighted by atomic mass is 10.0. The minimum Gasteiger partial charge on any atom is -0.493 e. The highest BCUT2D eigenvalue weighted by Gasteiger charge is 2.27. The largest absolute Gasteiger partial charge is 0.493 e. The van der Waals surface area contributed by atoms with Crippen molar-refractivity contribution in [3.05, 3.63) is 40.9 Å². The van der Waals surface area contributed by atoms with Crippen LogP contribution in [-0.4, -0.2) is 35.6 Å². The van der Waals surface area contributed by atoms with Crippen LogP contribution in [0.1, 0.15) is 36.7 Å². The fraction of sp³-hybridized carbons (Fsp3) is 0.471. The Morgan fingerprint density at radius 1 is 1.30 bits per heavy atom. The van der Waals surface area contributed by atoms with Crippen molar-refractivity contribution < 1.29 is 9.47 Å². The molecule has 0 unspecified atom stereocenters. The summed E-state index contributed by atoms with van der Waals surface area (Å²) >= 11 is 6.53. The Morgan fingerprint density at radius 2 is 2.17 bits per heavy atom. The topological polar surface area (TPSA) is 50.4 Å². The molecule has 5 nitrogen and oxygen atoms in total. The van der Waals surface area contributed by atoms with E-state index < -0.39 is 0 Å². The second kappa shape index (κ2) is 7.23. The molecule has 3 rings (SSSR count). The third kappa shape index (κ3) is 3.31. The number of ether oxygens (including phenoxy) is 2. The predicted octanol–water partition coefficient (Wildman–Crippen LogP) is 3.81. The van der Waals surface area contributed by atoms with Crippen LogP contribution >= 0.6 is 11.6 Å². The molecule has 1 N–H and O–H groups in total. The normalized spacial score (nSPS) is 18.8. The quantitative estimate of drug-likeness (QED) is 0.902. The number of nitrogens with zero attached hydrogens (tertiary/aromatic N) is 2. The molecule has 1 saturated heterocycles. The molecule has 0 bridgehead atoms. The van der Waals surface area contributed by atoms with Gasteiger partial charge in [0.1, 0.15) is 5.82 Å². The number of hydrogen-bond acceptors (Lipinski definition) is 4. The summed E-state index contributed by atoms with van der Waals surface area (Å²) in [6.07, 6.45) is 7.22. The average molecular weight is 336 g/mol. The number of H-pyrrole nitrogens is 1. The first-order valence-corrected chi connectivity index (χ1v) is 8.25. The maximum atomic E-state index is 6.53. The molecule has 0 saturated carbocycles. The molecular weight excluding hydrogens is 314 g/mol. The van der Waals surface area contributed by atoms with Gasteiger partial charge >= 0.3 is 0 Å². The number of benzene rings is 1. The summed E-state index contributed by atoms with van der Waals surface area (Å²) in [5, 5.41) is 0.621. The van der Waals surface area contributed by atoms with Gasteiger partial charge in [0.05, 0.1) is 25.3 Å². The first kappa shape index (κ1) is 16.1. The molecule has 2 aromatic rings. The fourth-order valence-electron chi connectivity index (χ4n) is 3.22. The van der Waals surface area contributed by atoms with Crippen LogP contribution in [0, 0.1) is 0 Å². The summed E-state index contributed by atoms with van der Waals surface area (Å²) in [4.78, 5) is 10.1. The van der Waals surface area contributed by atoms with Gasteiger partial charge in [-0.15, -0.1) is 0 Å². The van der Waals surface area contributed by atoms with Crippen molar-refractivity contribution in [2.24, 2.45) is 0 Å². The Balaban J connectivity index is 1.85. The van der Waals surface area contributed by atoms with Gasteiger partial charge in [-0.3, -0.25) is 4.90 Å².